The Morgan fingerprint density at radius 3 is 2.70 bits per heavy atom. The molecule has 0 aliphatic rings. The number of hydrogen-bond acceptors (Lipinski definition) is 6. The van der Waals surface area contributed by atoms with E-state index in [0.29, 0.717) is 17.2 Å². The third-order valence-electron chi connectivity index (χ3n) is 4.95. The van der Waals surface area contributed by atoms with Gasteiger partial charge in [0, 0.05) is 29.8 Å². The van der Waals surface area contributed by atoms with Crippen LogP contribution >= 0.6 is 11.3 Å². The number of aromatic nitrogens is 3. The maximum absolute atomic E-state index is 12.4. The zero-order valence-corrected chi connectivity index (χ0v) is 17.5. The van der Waals surface area contributed by atoms with Crippen LogP contribution in [0.2, 0.25) is 0 Å². The van der Waals surface area contributed by atoms with Crippen LogP contribution in [-0.2, 0) is 11.3 Å². The van der Waals surface area contributed by atoms with E-state index >= 15 is 0 Å². The zero-order valence-electron chi connectivity index (χ0n) is 16.7. The summed E-state index contributed by atoms with van der Waals surface area (Å²) in [6.45, 7) is 5.89. The third kappa shape index (κ3) is 3.67. The fourth-order valence-corrected chi connectivity index (χ4v) is 4.09. The molecule has 0 aliphatic carbocycles. The Labute approximate surface area is 176 Å². The van der Waals surface area contributed by atoms with Crippen molar-refractivity contribution < 1.29 is 9.72 Å². The smallest absolute Gasteiger partial charge is 0.271 e. The molecule has 8 nitrogen and oxygen atoms in total. The molecule has 0 saturated carbocycles. The van der Waals surface area contributed by atoms with Crippen LogP contribution in [0.3, 0.4) is 0 Å². The van der Waals surface area contributed by atoms with Gasteiger partial charge in [-0.3, -0.25) is 24.5 Å². The molecule has 0 saturated heterocycles. The molecule has 4 aromatic rings. The molecule has 0 fully saturated rings. The standard InChI is InChI=1S/C21H19N5O3S/c1-13-4-6-18(8-14(13)2)25(15(3)27)21-23-17(12-30-21)11-24-20-9-19(26(28)29)7-5-16(20)10-22-24/h4-10,12H,11H2,1-3H3. The van der Waals surface area contributed by atoms with Gasteiger partial charge in [-0.15, -0.1) is 11.3 Å². The van der Waals surface area contributed by atoms with Crippen LogP contribution < -0.4 is 4.90 Å². The summed E-state index contributed by atoms with van der Waals surface area (Å²) < 4.78 is 1.68. The van der Waals surface area contributed by atoms with E-state index in [-0.39, 0.29) is 11.6 Å². The number of aryl methyl sites for hydroxylation is 2. The number of thiazole rings is 1. The van der Waals surface area contributed by atoms with Gasteiger partial charge in [0.15, 0.2) is 5.13 Å². The number of carbonyl (C=O) groups is 1. The van der Waals surface area contributed by atoms with Gasteiger partial charge < -0.3 is 0 Å². The minimum Gasteiger partial charge on any atom is -0.274 e. The molecule has 2 heterocycles. The molecule has 0 spiro atoms. The second-order valence-corrected chi connectivity index (χ2v) is 7.88. The highest BCUT2D eigenvalue weighted by molar-refractivity contribution is 7.14. The Kier molecular flexibility index (Phi) is 5.04. The summed E-state index contributed by atoms with van der Waals surface area (Å²) in [5.41, 5.74) is 4.42. The molecule has 4 rings (SSSR count). The van der Waals surface area contributed by atoms with E-state index in [0.717, 1.165) is 27.9 Å². The number of nitro groups is 1. The third-order valence-corrected chi connectivity index (χ3v) is 5.82. The maximum Gasteiger partial charge on any atom is 0.271 e. The van der Waals surface area contributed by atoms with Crippen LogP contribution in [0.15, 0.2) is 48.0 Å². The number of amides is 1. The van der Waals surface area contributed by atoms with E-state index < -0.39 is 4.92 Å². The number of anilines is 2. The van der Waals surface area contributed by atoms with Gasteiger partial charge in [0.25, 0.3) is 5.69 Å². The van der Waals surface area contributed by atoms with E-state index in [1.165, 1.54) is 30.4 Å². The number of nitro benzene ring substituents is 1. The SMILES string of the molecule is CC(=O)N(c1ccc(C)c(C)c1)c1nc(Cn2ncc3ccc([N+](=O)[O-])cc32)cs1. The maximum atomic E-state index is 12.4. The fourth-order valence-electron chi connectivity index (χ4n) is 3.22. The molecular formula is C21H19N5O3S. The summed E-state index contributed by atoms with van der Waals surface area (Å²) in [7, 11) is 0. The van der Waals surface area contributed by atoms with Crippen molar-refractivity contribution in [1.29, 1.82) is 0 Å². The Balaban J connectivity index is 1.65. The molecule has 1 amide bonds. The van der Waals surface area contributed by atoms with E-state index in [4.69, 9.17) is 0 Å². The van der Waals surface area contributed by atoms with Gasteiger partial charge in [0.1, 0.15) is 0 Å². The zero-order chi connectivity index (χ0) is 21.4. The van der Waals surface area contributed by atoms with E-state index in [1.54, 1.807) is 21.8 Å². The number of hydrogen-bond donors (Lipinski definition) is 0. The van der Waals surface area contributed by atoms with E-state index in [1.807, 2.05) is 37.4 Å². The summed E-state index contributed by atoms with van der Waals surface area (Å²) in [6.07, 6.45) is 1.67. The summed E-state index contributed by atoms with van der Waals surface area (Å²) in [4.78, 5) is 29.2. The Morgan fingerprint density at radius 2 is 2.00 bits per heavy atom. The molecule has 0 atom stereocenters. The quantitative estimate of drug-likeness (QED) is 0.342. The minimum atomic E-state index is -0.425. The predicted octanol–water partition coefficient (Wildman–Crippen LogP) is 4.75. The molecule has 0 N–H and O–H groups in total. The lowest BCUT2D eigenvalue weighted by atomic mass is 10.1. The normalized spacial score (nSPS) is 11.0. The Hall–Kier alpha value is -3.59. The second-order valence-electron chi connectivity index (χ2n) is 7.05. The van der Waals surface area contributed by atoms with Crippen LogP contribution in [0.1, 0.15) is 23.7 Å². The van der Waals surface area contributed by atoms with Crippen LogP contribution in [0, 0.1) is 24.0 Å². The molecule has 0 bridgehead atoms. The fraction of sp³-hybridized carbons (Fsp3) is 0.190. The van der Waals surface area contributed by atoms with Crippen LogP contribution in [-0.4, -0.2) is 25.6 Å². The van der Waals surface area contributed by atoms with Crippen molar-refractivity contribution in [2.45, 2.75) is 27.3 Å². The number of nitrogens with zero attached hydrogens (tertiary/aromatic N) is 5. The van der Waals surface area contributed by atoms with Gasteiger partial charge in [0.2, 0.25) is 5.91 Å². The molecule has 0 radical (unpaired) electrons. The van der Waals surface area contributed by atoms with Crippen molar-refractivity contribution in [2.75, 3.05) is 4.90 Å². The number of non-ortho nitro benzene ring substituents is 1. The van der Waals surface area contributed by atoms with Crippen LogP contribution in [0.25, 0.3) is 10.9 Å². The Morgan fingerprint density at radius 1 is 1.20 bits per heavy atom. The highest BCUT2D eigenvalue weighted by atomic mass is 32.1. The monoisotopic (exact) mass is 421 g/mol. The van der Waals surface area contributed by atoms with Crippen molar-refractivity contribution in [2.24, 2.45) is 0 Å². The molecule has 2 aromatic carbocycles. The minimum absolute atomic E-state index is 0.0145. The second kappa shape index (κ2) is 7.68. The lowest BCUT2D eigenvalue weighted by Crippen LogP contribution is -2.22. The molecule has 2 aromatic heterocycles. The molecule has 0 aliphatic heterocycles. The lowest BCUT2D eigenvalue weighted by molar-refractivity contribution is -0.384. The molecule has 9 heteroatoms. The van der Waals surface area contributed by atoms with Crippen LogP contribution in [0.5, 0.6) is 0 Å². The van der Waals surface area contributed by atoms with E-state index in [2.05, 4.69) is 10.1 Å². The first-order valence-electron chi connectivity index (χ1n) is 9.26. The number of carbonyl (C=O) groups excluding carboxylic acids is 1. The highest BCUT2D eigenvalue weighted by Gasteiger charge is 2.19. The first-order valence-corrected chi connectivity index (χ1v) is 10.1. The average Bonchev–Trinajstić information content (AvgIpc) is 3.32. The van der Waals surface area contributed by atoms with Crippen molar-refractivity contribution in [3.63, 3.8) is 0 Å². The summed E-state index contributed by atoms with van der Waals surface area (Å²) in [6, 6.07) is 10.5. The van der Waals surface area contributed by atoms with Gasteiger partial charge >= 0.3 is 0 Å². The molecule has 30 heavy (non-hydrogen) atoms. The van der Waals surface area contributed by atoms with Crippen LogP contribution in [0.4, 0.5) is 16.5 Å². The Bertz CT molecular complexity index is 1280. The summed E-state index contributed by atoms with van der Waals surface area (Å²) in [5, 5.41) is 18.7. The van der Waals surface area contributed by atoms with Crippen molar-refractivity contribution >= 4 is 44.7 Å². The average molecular weight is 421 g/mol. The van der Waals surface area contributed by atoms with Gasteiger partial charge in [-0.25, -0.2) is 4.98 Å². The van der Waals surface area contributed by atoms with Gasteiger partial charge in [-0.1, -0.05) is 6.07 Å². The molecule has 152 valence electrons. The van der Waals surface area contributed by atoms with Gasteiger partial charge in [0.05, 0.1) is 34.6 Å². The van der Waals surface area contributed by atoms with Gasteiger partial charge in [-0.2, -0.15) is 5.10 Å². The number of benzene rings is 2. The summed E-state index contributed by atoms with van der Waals surface area (Å²) in [5.74, 6) is -0.126. The lowest BCUT2D eigenvalue weighted by Gasteiger charge is -2.19. The first-order chi connectivity index (χ1) is 14.3. The summed E-state index contributed by atoms with van der Waals surface area (Å²) >= 11 is 1.37. The van der Waals surface area contributed by atoms with E-state index in [9.17, 15) is 14.9 Å². The topological polar surface area (TPSA) is 94.2 Å². The van der Waals surface area contributed by atoms with Crippen molar-refractivity contribution in [3.05, 3.63) is 74.9 Å². The van der Waals surface area contributed by atoms with Gasteiger partial charge in [-0.05, 0) is 43.2 Å². The number of fused-ring (bicyclic) bond motifs is 1. The molecule has 0 unspecified atom stereocenters. The molecular weight excluding hydrogens is 402 g/mol. The first kappa shape index (κ1) is 19.7. The van der Waals surface area contributed by atoms with Crippen molar-refractivity contribution in [3.8, 4) is 0 Å². The highest BCUT2D eigenvalue weighted by Crippen LogP contribution is 2.31. The predicted molar refractivity (Wildman–Crippen MR) is 116 cm³/mol. The largest absolute Gasteiger partial charge is 0.274 e. The number of rotatable bonds is 5. The van der Waals surface area contributed by atoms with Crippen molar-refractivity contribution in [1.82, 2.24) is 14.8 Å².